The second kappa shape index (κ2) is 5.88. The van der Waals surface area contributed by atoms with Gasteiger partial charge in [0.25, 0.3) is 0 Å². The first-order chi connectivity index (χ1) is 10.0. The molecule has 21 heavy (non-hydrogen) atoms. The maximum absolute atomic E-state index is 13.7. The van der Waals surface area contributed by atoms with Crippen LogP contribution in [0.2, 0.25) is 0 Å². The number of hydrogen-bond acceptors (Lipinski definition) is 5. The molecular formula is C14H9FN2O4. The Morgan fingerprint density at radius 2 is 1.95 bits per heavy atom. The van der Waals surface area contributed by atoms with Gasteiger partial charge >= 0.3 is 5.69 Å². The molecule has 0 heterocycles. The molecule has 2 rings (SSSR count). The zero-order valence-corrected chi connectivity index (χ0v) is 10.9. The molecule has 106 valence electrons. The van der Waals surface area contributed by atoms with Crippen molar-refractivity contribution in [1.29, 1.82) is 5.26 Å². The molecule has 0 spiro atoms. The number of rotatable bonds is 4. The highest BCUT2D eigenvalue weighted by Gasteiger charge is 2.16. The average Bonchev–Trinajstić information content (AvgIpc) is 2.49. The van der Waals surface area contributed by atoms with Crippen molar-refractivity contribution in [2.75, 3.05) is 7.11 Å². The molecule has 0 N–H and O–H groups in total. The summed E-state index contributed by atoms with van der Waals surface area (Å²) >= 11 is 0. The van der Waals surface area contributed by atoms with Gasteiger partial charge in [0.2, 0.25) is 0 Å². The van der Waals surface area contributed by atoms with Crippen LogP contribution in [0.15, 0.2) is 36.4 Å². The predicted octanol–water partition coefficient (Wildman–Crippen LogP) is 3.41. The van der Waals surface area contributed by atoms with Crippen LogP contribution in [0.4, 0.5) is 10.1 Å². The summed E-state index contributed by atoms with van der Waals surface area (Å²) in [4.78, 5) is 10.3. The number of halogens is 1. The summed E-state index contributed by atoms with van der Waals surface area (Å²) in [5.41, 5.74) is -0.135. The minimum atomic E-state index is -0.729. The SMILES string of the molecule is COc1ccc(Oc2ccc(C#N)cc2F)cc1[N+](=O)[O-]. The van der Waals surface area contributed by atoms with Gasteiger partial charge in [-0.1, -0.05) is 0 Å². The quantitative estimate of drug-likeness (QED) is 0.635. The molecular weight excluding hydrogens is 279 g/mol. The molecule has 2 aromatic carbocycles. The minimum Gasteiger partial charge on any atom is -0.490 e. The Morgan fingerprint density at radius 3 is 2.52 bits per heavy atom. The average molecular weight is 288 g/mol. The summed E-state index contributed by atoms with van der Waals surface area (Å²) in [6, 6.07) is 9.40. The van der Waals surface area contributed by atoms with E-state index in [1.807, 2.05) is 0 Å². The van der Waals surface area contributed by atoms with Crippen LogP contribution in [0.5, 0.6) is 17.2 Å². The molecule has 0 atom stereocenters. The highest BCUT2D eigenvalue weighted by Crippen LogP contribution is 2.33. The molecule has 0 amide bonds. The van der Waals surface area contributed by atoms with E-state index in [1.165, 1.54) is 31.4 Å². The molecule has 0 saturated heterocycles. The lowest BCUT2D eigenvalue weighted by molar-refractivity contribution is -0.385. The standard InChI is InChI=1S/C14H9FN2O4/c1-20-14-5-3-10(7-12(14)17(18)19)21-13-4-2-9(8-16)6-11(13)15/h2-7H,1H3. The maximum atomic E-state index is 13.7. The molecule has 0 aliphatic rings. The molecule has 0 bridgehead atoms. The van der Waals surface area contributed by atoms with Crippen molar-refractivity contribution < 1.29 is 18.8 Å². The van der Waals surface area contributed by atoms with E-state index < -0.39 is 10.7 Å². The fourth-order valence-electron chi connectivity index (χ4n) is 1.66. The van der Waals surface area contributed by atoms with E-state index in [2.05, 4.69) is 0 Å². The van der Waals surface area contributed by atoms with Gasteiger partial charge in [-0.05, 0) is 30.3 Å². The predicted molar refractivity (Wildman–Crippen MR) is 70.8 cm³/mol. The van der Waals surface area contributed by atoms with E-state index in [0.717, 1.165) is 12.1 Å². The number of nitro benzene ring substituents is 1. The Kier molecular flexibility index (Phi) is 4.00. The first-order valence-corrected chi connectivity index (χ1v) is 5.75. The van der Waals surface area contributed by atoms with Crippen LogP contribution >= 0.6 is 0 Å². The number of nitriles is 1. The molecule has 0 unspecified atom stereocenters. The number of hydrogen-bond donors (Lipinski definition) is 0. The molecule has 0 aliphatic heterocycles. The molecule has 2 aromatic rings. The molecule has 0 radical (unpaired) electrons. The Hall–Kier alpha value is -3.14. The highest BCUT2D eigenvalue weighted by molar-refractivity contribution is 5.52. The van der Waals surface area contributed by atoms with Gasteiger partial charge in [0.05, 0.1) is 29.7 Å². The second-order valence-corrected chi connectivity index (χ2v) is 3.95. The maximum Gasteiger partial charge on any atom is 0.314 e. The molecule has 6 nitrogen and oxygen atoms in total. The zero-order valence-electron chi connectivity index (χ0n) is 10.9. The summed E-state index contributed by atoms with van der Waals surface area (Å²) in [6.07, 6.45) is 0. The first-order valence-electron chi connectivity index (χ1n) is 5.75. The van der Waals surface area contributed by atoms with Gasteiger partial charge in [-0.3, -0.25) is 10.1 Å². The van der Waals surface area contributed by atoms with E-state index >= 15 is 0 Å². The van der Waals surface area contributed by atoms with Crippen molar-refractivity contribution in [2.24, 2.45) is 0 Å². The van der Waals surface area contributed by atoms with Crippen molar-refractivity contribution in [3.8, 4) is 23.3 Å². The number of ether oxygens (including phenoxy) is 2. The van der Waals surface area contributed by atoms with Crippen molar-refractivity contribution >= 4 is 5.69 Å². The first kappa shape index (κ1) is 14.3. The Bertz CT molecular complexity index is 740. The molecule has 0 aliphatic carbocycles. The fourth-order valence-corrected chi connectivity index (χ4v) is 1.66. The summed E-state index contributed by atoms with van der Waals surface area (Å²) in [5, 5.41) is 19.5. The van der Waals surface area contributed by atoms with Crippen LogP contribution in [0.3, 0.4) is 0 Å². The van der Waals surface area contributed by atoms with Crippen molar-refractivity contribution in [3.63, 3.8) is 0 Å². The number of nitrogens with zero attached hydrogens (tertiary/aromatic N) is 2. The zero-order chi connectivity index (χ0) is 15.4. The van der Waals surface area contributed by atoms with Crippen LogP contribution < -0.4 is 9.47 Å². The van der Waals surface area contributed by atoms with E-state index in [1.54, 1.807) is 6.07 Å². The van der Waals surface area contributed by atoms with E-state index in [4.69, 9.17) is 14.7 Å². The lowest BCUT2D eigenvalue weighted by atomic mass is 10.2. The van der Waals surface area contributed by atoms with E-state index in [-0.39, 0.29) is 28.5 Å². The van der Waals surface area contributed by atoms with Gasteiger partial charge in [-0.15, -0.1) is 0 Å². The van der Waals surface area contributed by atoms with Gasteiger partial charge in [0, 0.05) is 0 Å². The third-order valence-corrected chi connectivity index (χ3v) is 2.64. The molecule has 7 heteroatoms. The molecule has 0 aromatic heterocycles. The topological polar surface area (TPSA) is 85.4 Å². The second-order valence-electron chi connectivity index (χ2n) is 3.95. The Labute approximate surface area is 119 Å². The highest BCUT2D eigenvalue weighted by atomic mass is 19.1. The largest absolute Gasteiger partial charge is 0.490 e. The van der Waals surface area contributed by atoms with E-state index in [0.29, 0.717) is 0 Å². The fraction of sp³-hybridized carbons (Fsp3) is 0.0714. The summed E-state index contributed by atoms with van der Waals surface area (Å²) < 4.78 is 23.8. The van der Waals surface area contributed by atoms with Crippen LogP contribution in [0, 0.1) is 27.3 Å². The number of methoxy groups -OCH3 is 1. The third-order valence-electron chi connectivity index (χ3n) is 2.64. The van der Waals surface area contributed by atoms with Crippen LogP contribution in [-0.2, 0) is 0 Å². The Morgan fingerprint density at radius 1 is 1.24 bits per heavy atom. The van der Waals surface area contributed by atoms with Crippen molar-refractivity contribution in [3.05, 3.63) is 57.9 Å². The summed E-state index contributed by atoms with van der Waals surface area (Å²) in [5.74, 6) is -0.695. The van der Waals surface area contributed by atoms with Crippen molar-refractivity contribution in [1.82, 2.24) is 0 Å². The lowest BCUT2D eigenvalue weighted by Gasteiger charge is -2.08. The van der Waals surface area contributed by atoms with Gasteiger partial charge in [0.15, 0.2) is 17.3 Å². The monoisotopic (exact) mass is 288 g/mol. The minimum absolute atomic E-state index is 0.0765. The number of benzene rings is 2. The van der Waals surface area contributed by atoms with Gasteiger partial charge in [0.1, 0.15) is 5.75 Å². The third kappa shape index (κ3) is 3.06. The smallest absolute Gasteiger partial charge is 0.314 e. The lowest BCUT2D eigenvalue weighted by Crippen LogP contribution is -1.95. The van der Waals surface area contributed by atoms with Gasteiger partial charge in [-0.25, -0.2) is 4.39 Å². The Balaban J connectivity index is 2.34. The van der Waals surface area contributed by atoms with Crippen LogP contribution in [0.1, 0.15) is 5.56 Å². The molecule has 0 saturated carbocycles. The van der Waals surface area contributed by atoms with Gasteiger partial charge < -0.3 is 9.47 Å². The van der Waals surface area contributed by atoms with Crippen LogP contribution in [0.25, 0.3) is 0 Å². The molecule has 0 fully saturated rings. The number of nitro groups is 1. The van der Waals surface area contributed by atoms with Crippen molar-refractivity contribution in [2.45, 2.75) is 0 Å². The van der Waals surface area contributed by atoms with Gasteiger partial charge in [-0.2, -0.15) is 5.26 Å². The summed E-state index contributed by atoms with van der Waals surface area (Å²) in [6.45, 7) is 0. The van der Waals surface area contributed by atoms with Crippen LogP contribution in [-0.4, -0.2) is 12.0 Å². The summed E-state index contributed by atoms with van der Waals surface area (Å²) in [7, 11) is 1.31. The van der Waals surface area contributed by atoms with E-state index in [9.17, 15) is 14.5 Å². The normalized spacial score (nSPS) is 9.76.